The van der Waals surface area contributed by atoms with E-state index < -0.39 is 17.7 Å². The number of unbranched alkanes of at least 4 members (excludes halogenated alkanes) is 10. The third-order valence-electron chi connectivity index (χ3n) is 13.7. The fourth-order valence-electron chi connectivity index (χ4n) is 10.5. The lowest BCUT2D eigenvalue weighted by Crippen LogP contribution is -2.70. The van der Waals surface area contributed by atoms with E-state index >= 15 is 4.79 Å². The van der Waals surface area contributed by atoms with Crippen molar-refractivity contribution in [1.29, 1.82) is 0 Å². The van der Waals surface area contributed by atoms with Crippen molar-refractivity contribution in [3.63, 3.8) is 0 Å². The first-order chi connectivity index (χ1) is 32.3. The molecule has 0 saturated heterocycles. The molecule has 66 heavy (non-hydrogen) atoms. The summed E-state index contributed by atoms with van der Waals surface area (Å²) in [4.78, 5) is 24.1. The van der Waals surface area contributed by atoms with Gasteiger partial charge in [0.05, 0.1) is 18.2 Å². The number of rotatable bonds is 29. The number of halogens is 1. The van der Waals surface area contributed by atoms with E-state index in [1.54, 1.807) is 30.0 Å². The third-order valence-corrected chi connectivity index (χ3v) is 14.4. The Morgan fingerprint density at radius 1 is 0.894 bits per heavy atom. The summed E-state index contributed by atoms with van der Waals surface area (Å²) in [7, 11) is 0. The predicted molar refractivity (Wildman–Crippen MR) is 264 cm³/mol. The quantitative estimate of drug-likeness (QED) is 0.0307. The Balaban J connectivity index is 1.49. The van der Waals surface area contributed by atoms with Gasteiger partial charge in [-0.05, 0) is 123 Å². The monoisotopic (exact) mass is 927 g/mol. The Hall–Kier alpha value is -4.16. The molecular weight excluding hydrogens is 852 g/mol. The highest BCUT2D eigenvalue weighted by Gasteiger charge is 2.65. The second-order valence-corrected chi connectivity index (χ2v) is 19.1. The zero-order valence-electron chi connectivity index (χ0n) is 39.8. The smallest absolute Gasteiger partial charge is 0.239 e. The van der Waals surface area contributed by atoms with Crippen LogP contribution in [0.5, 0.6) is 17.2 Å². The van der Waals surface area contributed by atoms with Gasteiger partial charge in [0, 0.05) is 49.0 Å². The molecular formula is C55H75FN2O7S. The second-order valence-electron chi connectivity index (χ2n) is 18.2. The number of aliphatic hydroxyl groups is 2. The molecule has 0 unspecified atom stereocenters. The molecule has 360 valence electrons. The van der Waals surface area contributed by atoms with Crippen LogP contribution in [0, 0.1) is 23.6 Å². The van der Waals surface area contributed by atoms with Crippen LogP contribution in [-0.2, 0) is 20.9 Å². The summed E-state index contributed by atoms with van der Waals surface area (Å²) in [5, 5.41) is 24.8. The molecule has 6 atom stereocenters. The van der Waals surface area contributed by atoms with Gasteiger partial charge in [0.1, 0.15) is 35.7 Å². The molecule has 3 aliphatic rings. The number of carbonyl (C=O) groups excluding carboxylic acids is 1. The highest BCUT2D eigenvalue weighted by molar-refractivity contribution is 7.98. The number of oxime groups is 1. The van der Waals surface area contributed by atoms with Crippen LogP contribution >= 0.6 is 11.8 Å². The molecule has 0 radical (unpaired) electrons. The van der Waals surface area contributed by atoms with Crippen molar-refractivity contribution in [2.45, 2.75) is 152 Å². The van der Waals surface area contributed by atoms with Gasteiger partial charge in [0.25, 0.3) is 0 Å². The first-order valence-corrected chi connectivity index (χ1v) is 26.1. The Morgan fingerprint density at radius 3 is 2.24 bits per heavy atom. The fourth-order valence-corrected chi connectivity index (χ4v) is 10.9. The molecule has 2 N–H and O–H groups in total. The number of carbonyl (C=O) groups is 1. The molecule has 1 aliphatic heterocycles. The number of ether oxygens (including phenoxy) is 3. The molecule has 0 aromatic heterocycles. The number of hydrogen-bond acceptors (Lipinski definition) is 9. The summed E-state index contributed by atoms with van der Waals surface area (Å²) < 4.78 is 35.6. The summed E-state index contributed by atoms with van der Waals surface area (Å²) >= 11 is 1.68. The zero-order chi connectivity index (χ0) is 46.7. The first kappa shape index (κ1) is 51.2. The van der Waals surface area contributed by atoms with Crippen LogP contribution in [0.4, 0.5) is 4.39 Å². The Bertz CT molecular complexity index is 2030. The van der Waals surface area contributed by atoms with Crippen molar-refractivity contribution in [3.8, 4) is 17.2 Å². The van der Waals surface area contributed by atoms with Gasteiger partial charge in [0.15, 0.2) is 0 Å². The molecule has 9 nitrogen and oxygen atoms in total. The Kier molecular flexibility index (Phi) is 20.5. The van der Waals surface area contributed by atoms with E-state index in [9.17, 15) is 14.6 Å². The van der Waals surface area contributed by atoms with Crippen molar-refractivity contribution < 1.29 is 38.4 Å². The van der Waals surface area contributed by atoms with Gasteiger partial charge in [0.2, 0.25) is 11.7 Å². The average molecular weight is 927 g/mol. The topological polar surface area (TPSA) is 110 Å². The lowest BCUT2D eigenvalue weighted by molar-refractivity contribution is -0.258. The van der Waals surface area contributed by atoms with Crippen LogP contribution in [0.3, 0.4) is 0 Å². The predicted octanol–water partition coefficient (Wildman–Crippen LogP) is 12.9. The summed E-state index contributed by atoms with van der Waals surface area (Å²) in [5.41, 5.74) is 3.53. The number of fused-ring (bicyclic) bond motifs is 2. The van der Waals surface area contributed by atoms with Crippen LogP contribution < -0.4 is 9.47 Å². The molecule has 1 fully saturated rings. The maximum Gasteiger partial charge on any atom is 0.239 e. The van der Waals surface area contributed by atoms with E-state index in [-0.39, 0.29) is 55.8 Å². The lowest BCUT2D eigenvalue weighted by Gasteiger charge is -2.60. The number of amides is 1. The maximum atomic E-state index is 15.1. The molecule has 3 aromatic carbocycles. The number of nitrogens with zero attached hydrogens (tertiary/aromatic N) is 2. The summed E-state index contributed by atoms with van der Waals surface area (Å²) in [5.74, 6) is -0.128. The normalized spacial score (nSPS) is 22.5. The molecule has 6 rings (SSSR count). The highest BCUT2D eigenvalue weighted by atomic mass is 32.2. The minimum atomic E-state index is -1.39. The van der Waals surface area contributed by atoms with E-state index in [1.807, 2.05) is 36.1 Å². The number of thioether (sulfide) groups is 1. The zero-order valence-corrected chi connectivity index (χ0v) is 40.6. The minimum absolute atomic E-state index is 0.0172. The second kappa shape index (κ2) is 26.4. The number of benzene rings is 3. The van der Waals surface area contributed by atoms with Crippen molar-refractivity contribution in [2.24, 2.45) is 22.9 Å². The van der Waals surface area contributed by atoms with Gasteiger partial charge >= 0.3 is 0 Å². The van der Waals surface area contributed by atoms with Crippen LogP contribution in [0.15, 0.2) is 101 Å². The van der Waals surface area contributed by atoms with E-state index in [2.05, 4.69) is 44.0 Å². The molecule has 0 bridgehead atoms. The molecule has 1 heterocycles. The molecule has 2 aliphatic carbocycles. The fraction of sp³-hybridized carbons (Fsp3) is 0.564. The molecule has 3 aromatic rings. The first-order valence-electron chi connectivity index (χ1n) is 24.9. The van der Waals surface area contributed by atoms with Crippen molar-refractivity contribution >= 4 is 23.4 Å². The SMILES string of the molecule is C=CCO[C@@]12Oc3ccc(Oc4ccc(SC)cc4)cc3[C@H]3[C@H](CCCCO)[C@@H](CCCCO)C=C(C(=NOCC)C[C@@H]1N(Cc1ccc(F)cc1)C(=O)CCCCCCCCCCC)[C@H]32. The summed E-state index contributed by atoms with van der Waals surface area (Å²) in [6.45, 7) is 9.21. The number of allylic oxidation sites excluding steroid dienone is 1. The molecule has 0 spiro atoms. The van der Waals surface area contributed by atoms with E-state index in [1.165, 1.54) is 50.7 Å². The Labute approximate surface area is 398 Å². The van der Waals surface area contributed by atoms with Crippen molar-refractivity contribution in [3.05, 3.63) is 108 Å². The van der Waals surface area contributed by atoms with Gasteiger partial charge in [-0.2, -0.15) is 0 Å². The van der Waals surface area contributed by atoms with Crippen LogP contribution in [0.25, 0.3) is 0 Å². The third kappa shape index (κ3) is 13.1. The van der Waals surface area contributed by atoms with E-state index in [0.717, 1.165) is 78.0 Å². The van der Waals surface area contributed by atoms with Crippen molar-refractivity contribution in [1.82, 2.24) is 4.90 Å². The van der Waals surface area contributed by atoms with E-state index in [4.69, 9.17) is 24.2 Å². The highest BCUT2D eigenvalue weighted by Crippen LogP contribution is 2.62. The minimum Gasteiger partial charge on any atom is -0.459 e. The molecule has 1 saturated carbocycles. The maximum absolute atomic E-state index is 15.1. The van der Waals surface area contributed by atoms with Crippen LogP contribution in [0.1, 0.15) is 140 Å². The van der Waals surface area contributed by atoms with Gasteiger partial charge in [-0.3, -0.25) is 4.79 Å². The van der Waals surface area contributed by atoms with Gasteiger partial charge in [-0.1, -0.05) is 101 Å². The molecule has 1 amide bonds. The summed E-state index contributed by atoms with van der Waals surface area (Å²) in [6, 6.07) is 19.8. The average Bonchev–Trinajstić information content (AvgIpc) is 3.33. The number of hydrogen-bond donors (Lipinski definition) is 2. The van der Waals surface area contributed by atoms with Gasteiger partial charge < -0.3 is 34.2 Å². The van der Waals surface area contributed by atoms with Gasteiger partial charge in [-0.15, -0.1) is 18.3 Å². The van der Waals surface area contributed by atoms with Gasteiger partial charge in [-0.25, -0.2) is 4.39 Å². The molecule has 11 heteroatoms. The lowest BCUT2D eigenvalue weighted by atomic mass is 9.55. The number of aliphatic hydroxyl groups excluding tert-OH is 2. The van der Waals surface area contributed by atoms with Crippen molar-refractivity contribution in [2.75, 3.05) is 32.7 Å². The van der Waals surface area contributed by atoms with Crippen LogP contribution in [-0.4, -0.2) is 71.2 Å². The standard InChI is InChI=1S/C55H75FN2O7S/c1-5-8-9-10-11-12-13-14-15-22-52(61)58(39-40-23-25-42(56)26-24-40)51-38-49(57-63-7-3)47-36-41(20-16-18-33-59)46(21-17-19-34-60)53-48-37-44(64-43-27-30-45(66-4)31-28-43)29-32-50(48)65-55(51,54(47)53)62-35-6-2/h6,23-32,36-37,41,46,51,53-54,59-60H,2,5,7-22,33-35,38-39H2,1,3-4H3/t41-,46+,51-,53+,54+,55+/m0/s1. The Morgan fingerprint density at radius 2 is 1.58 bits per heavy atom. The largest absolute Gasteiger partial charge is 0.459 e. The summed E-state index contributed by atoms with van der Waals surface area (Å²) in [6.07, 6.45) is 21.7. The van der Waals surface area contributed by atoms with E-state index in [0.29, 0.717) is 43.8 Å². The van der Waals surface area contributed by atoms with Crippen LogP contribution in [0.2, 0.25) is 0 Å².